The summed E-state index contributed by atoms with van der Waals surface area (Å²) in [6, 6.07) is 15.0. The molecule has 1 N–H and O–H groups in total. The molecule has 2 aromatic carbocycles. The average molecular weight is 374 g/mol. The van der Waals surface area contributed by atoms with E-state index in [1.165, 1.54) is 16.4 Å². The molecule has 128 valence electrons. The third kappa shape index (κ3) is 4.18. The molecule has 1 atom stereocenters. The standard InChI is InChI=1S/C17H16ClN5OS/c1-11-8-9-13(10-14(11)18)19-16(24)15(12-6-4-3-5-7-12)25-17-20-21-22-23(17)2/h3-10,15H,1-2H3,(H,19,24)/t15-/m0/s1. The van der Waals surface area contributed by atoms with Crippen LogP contribution in [0.15, 0.2) is 53.7 Å². The highest BCUT2D eigenvalue weighted by Gasteiger charge is 2.24. The average Bonchev–Trinajstić information content (AvgIpc) is 3.01. The number of aryl methyl sites for hydroxylation is 2. The van der Waals surface area contributed by atoms with Crippen LogP contribution in [0.3, 0.4) is 0 Å². The van der Waals surface area contributed by atoms with Gasteiger partial charge in [-0.05, 0) is 40.6 Å². The van der Waals surface area contributed by atoms with Crippen molar-refractivity contribution < 1.29 is 4.79 Å². The Bertz CT molecular complexity index is 884. The van der Waals surface area contributed by atoms with Crippen molar-refractivity contribution in [1.82, 2.24) is 20.2 Å². The maximum absolute atomic E-state index is 12.9. The topological polar surface area (TPSA) is 72.7 Å². The number of halogens is 1. The first-order chi connectivity index (χ1) is 12.0. The van der Waals surface area contributed by atoms with Crippen LogP contribution in [0.5, 0.6) is 0 Å². The van der Waals surface area contributed by atoms with Crippen LogP contribution in [0.4, 0.5) is 5.69 Å². The summed E-state index contributed by atoms with van der Waals surface area (Å²) in [6.07, 6.45) is 0. The van der Waals surface area contributed by atoms with Gasteiger partial charge in [0.05, 0.1) is 0 Å². The maximum atomic E-state index is 12.9. The number of amides is 1. The summed E-state index contributed by atoms with van der Waals surface area (Å²) in [4.78, 5) is 12.9. The Morgan fingerprint density at radius 2 is 2.00 bits per heavy atom. The van der Waals surface area contributed by atoms with Gasteiger partial charge >= 0.3 is 0 Å². The molecule has 3 rings (SSSR count). The van der Waals surface area contributed by atoms with Crippen LogP contribution in [0.25, 0.3) is 0 Å². The number of nitrogens with one attached hydrogen (secondary N) is 1. The molecule has 1 aromatic heterocycles. The summed E-state index contributed by atoms with van der Waals surface area (Å²) < 4.78 is 1.54. The molecule has 25 heavy (non-hydrogen) atoms. The second-order valence-corrected chi connectivity index (χ2v) is 6.93. The molecule has 0 saturated heterocycles. The number of aromatic nitrogens is 4. The number of rotatable bonds is 5. The Kier molecular flexibility index (Phi) is 5.35. The van der Waals surface area contributed by atoms with Gasteiger partial charge in [-0.15, -0.1) is 5.10 Å². The summed E-state index contributed by atoms with van der Waals surface area (Å²) >= 11 is 7.44. The van der Waals surface area contributed by atoms with E-state index in [4.69, 9.17) is 11.6 Å². The fourth-order valence-electron chi connectivity index (χ4n) is 2.21. The van der Waals surface area contributed by atoms with Gasteiger partial charge in [0.1, 0.15) is 5.25 Å². The zero-order chi connectivity index (χ0) is 17.8. The second kappa shape index (κ2) is 7.67. The minimum atomic E-state index is -0.494. The first kappa shape index (κ1) is 17.4. The Labute approximate surface area is 154 Å². The maximum Gasteiger partial charge on any atom is 0.242 e. The lowest BCUT2D eigenvalue weighted by molar-refractivity contribution is -0.115. The van der Waals surface area contributed by atoms with Gasteiger partial charge in [0.2, 0.25) is 11.1 Å². The minimum absolute atomic E-state index is 0.167. The second-order valence-electron chi connectivity index (χ2n) is 5.45. The van der Waals surface area contributed by atoms with Gasteiger partial charge in [-0.2, -0.15) is 0 Å². The van der Waals surface area contributed by atoms with Crippen molar-refractivity contribution in [2.45, 2.75) is 17.3 Å². The SMILES string of the molecule is Cc1ccc(NC(=O)[C@@H](Sc2nnnn2C)c2ccccc2)cc1Cl. The van der Waals surface area contributed by atoms with Gasteiger partial charge in [-0.1, -0.05) is 59.8 Å². The van der Waals surface area contributed by atoms with Crippen LogP contribution < -0.4 is 5.32 Å². The van der Waals surface area contributed by atoms with Gasteiger partial charge in [-0.25, -0.2) is 4.68 Å². The van der Waals surface area contributed by atoms with E-state index in [0.29, 0.717) is 15.9 Å². The van der Waals surface area contributed by atoms with Crippen LogP contribution in [0.1, 0.15) is 16.4 Å². The smallest absolute Gasteiger partial charge is 0.242 e. The highest BCUT2D eigenvalue weighted by Crippen LogP contribution is 2.34. The molecule has 0 saturated carbocycles. The number of tetrazole rings is 1. The number of anilines is 1. The molecule has 0 fully saturated rings. The molecule has 0 aliphatic rings. The fraction of sp³-hybridized carbons (Fsp3) is 0.176. The van der Waals surface area contributed by atoms with E-state index in [1.807, 2.05) is 49.4 Å². The van der Waals surface area contributed by atoms with E-state index in [2.05, 4.69) is 20.8 Å². The third-order valence-electron chi connectivity index (χ3n) is 3.58. The largest absolute Gasteiger partial charge is 0.325 e. The first-order valence-electron chi connectivity index (χ1n) is 7.55. The van der Waals surface area contributed by atoms with Gasteiger partial charge < -0.3 is 5.32 Å². The molecule has 0 bridgehead atoms. The summed E-state index contributed by atoms with van der Waals surface area (Å²) in [7, 11) is 1.74. The molecular weight excluding hydrogens is 358 g/mol. The van der Waals surface area contributed by atoms with E-state index < -0.39 is 5.25 Å². The summed E-state index contributed by atoms with van der Waals surface area (Å²) in [6.45, 7) is 1.91. The van der Waals surface area contributed by atoms with E-state index in [1.54, 1.807) is 13.1 Å². The van der Waals surface area contributed by atoms with Crippen molar-refractivity contribution in [3.63, 3.8) is 0 Å². The number of carbonyl (C=O) groups excluding carboxylic acids is 1. The number of hydrogen-bond donors (Lipinski definition) is 1. The number of thioether (sulfide) groups is 1. The van der Waals surface area contributed by atoms with Crippen molar-refractivity contribution in [2.75, 3.05) is 5.32 Å². The third-order valence-corrected chi connectivity index (χ3v) is 5.27. The van der Waals surface area contributed by atoms with Crippen LogP contribution >= 0.6 is 23.4 Å². The lowest BCUT2D eigenvalue weighted by Gasteiger charge is -2.16. The van der Waals surface area contributed by atoms with Crippen LogP contribution in [-0.2, 0) is 11.8 Å². The lowest BCUT2D eigenvalue weighted by atomic mass is 10.1. The number of carbonyl (C=O) groups is 1. The Balaban J connectivity index is 1.86. The molecule has 8 heteroatoms. The fourth-order valence-corrected chi connectivity index (χ4v) is 3.33. The molecule has 3 aromatic rings. The van der Waals surface area contributed by atoms with Crippen molar-refractivity contribution in [1.29, 1.82) is 0 Å². The molecular formula is C17H16ClN5OS. The lowest BCUT2D eigenvalue weighted by Crippen LogP contribution is -2.19. The van der Waals surface area contributed by atoms with E-state index >= 15 is 0 Å². The number of nitrogens with zero attached hydrogens (tertiary/aromatic N) is 4. The number of benzene rings is 2. The van der Waals surface area contributed by atoms with E-state index in [0.717, 1.165) is 11.1 Å². The van der Waals surface area contributed by atoms with Crippen molar-refractivity contribution in [2.24, 2.45) is 7.05 Å². The highest BCUT2D eigenvalue weighted by atomic mass is 35.5. The Morgan fingerprint density at radius 3 is 2.64 bits per heavy atom. The van der Waals surface area contributed by atoms with Crippen LogP contribution in [0.2, 0.25) is 5.02 Å². The summed E-state index contributed by atoms with van der Waals surface area (Å²) in [5.41, 5.74) is 2.48. The Morgan fingerprint density at radius 1 is 1.24 bits per heavy atom. The monoisotopic (exact) mass is 373 g/mol. The zero-order valence-electron chi connectivity index (χ0n) is 13.7. The minimum Gasteiger partial charge on any atom is -0.325 e. The van der Waals surface area contributed by atoms with Crippen molar-refractivity contribution >= 4 is 35.0 Å². The highest BCUT2D eigenvalue weighted by molar-refractivity contribution is 8.00. The normalized spacial score (nSPS) is 12.0. The van der Waals surface area contributed by atoms with Crippen LogP contribution in [0, 0.1) is 6.92 Å². The molecule has 6 nitrogen and oxygen atoms in total. The van der Waals surface area contributed by atoms with Crippen molar-refractivity contribution in [3.05, 3.63) is 64.7 Å². The molecule has 1 amide bonds. The first-order valence-corrected chi connectivity index (χ1v) is 8.81. The molecule has 0 radical (unpaired) electrons. The molecule has 0 unspecified atom stereocenters. The molecule has 0 aliphatic heterocycles. The van der Waals surface area contributed by atoms with E-state index in [-0.39, 0.29) is 5.91 Å². The van der Waals surface area contributed by atoms with Gasteiger partial charge in [0.25, 0.3) is 0 Å². The van der Waals surface area contributed by atoms with Crippen LogP contribution in [-0.4, -0.2) is 26.1 Å². The summed E-state index contributed by atoms with van der Waals surface area (Å²) in [5.74, 6) is -0.167. The predicted molar refractivity (Wildman–Crippen MR) is 98.7 cm³/mol. The van der Waals surface area contributed by atoms with Gasteiger partial charge in [0, 0.05) is 17.8 Å². The summed E-state index contributed by atoms with van der Waals surface area (Å²) in [5, 5.41) is 15.0. The zero-order valence-corrected chi connectivity index (χ0v) is 15.3. The molecule has 0 spiro atoms. The number of hydrogen-bond acceptors (Lipinski definition) is 5. The van der Waals surface area contributed by atoms with Gasteiger partial charge in [0.15, 0.2) is 0 Å². The quantitative estimate of drug-likeness (QED) is 0.691. The van der Waals surface area contributed by atoms with Crippen molar-refractivity contribution in [3.8, 4) is 0 Å². The van der Waals surface area contributed by atoms with Gasteiger partial charge in [-0.3, -0.25) is 4.79 Å². The Hall–Kier alpha value is -2.38. The molecule has 1 heterocycles. The van der Waals surface area contributed by atoms with E-state index in [9.17, 15) is 4.79 Å². The predicted octanol–water partition coefficient (Wildman–Crippen LogP) is 3.64. The molecule has 0 aliphatic carbocycles.